The van der Waals surface area contributed by atoms with E-state index in [-0.39, 0.29) is 5.91 Å². The summed E-state index contributed by atoms with van der Waals surface area (Å²) in [7, 11) is 0. The second-order valence-electron chi connectivity index (χ2n) is 6.01. The Hall–Kier alpha value is -2.85. The zero-order valence-electron chi connectivity index (χ0n) is 14.5. The fourth-order valence-electron chi connectivity index (χ4n) is 2.49. The van der Waals surface area contributed by atoms with Gasteiger partial charge in [0.1, 0.15) is 5.82 Å². The van der Waals surface area contributed by atoms with Crippen LogP contribution in [0.5, 0.6) is 0 Å². The minimum atomic E-state index is -0.215. The van der Waals surface area contributed by atoms with E-state index in [9.17, 15) is 4.79 Å². The molecule has 5 heteroatoms. The second-order valence-corrected chi connectivity index (χ2v) is 6.42. The van der Waals surface area contributed by atoms with Crippen LogP contribution in [-0.4, -0.2) is 17.4 Å². The van der Waals surface area contributed by atoms with Gasteiger partial charge in [-0.2, -0.15) is 0 Å². The molecular formula is C21H20ClN3O. The van der Waals surface area contributed by atoms with Crippen molar-refractivity contribution in [3.63, 3.8) is 0 Å². The van der Waals surface area contributed by atoms with Gasteiger partial charge in [-0.25, -0.2) is 4.98 Å². The number of pyridine rings is 1. The Morgan fingerprint density at radius 2 is 1.88 bits per heavy atom. The molecular weight excluding hydrogens is 346 g/mol. The van der Waals surface area contributed by atoms with Crippen molar-refractivity contribution in [2.24, 2.45) is 0 Å². The Labute approximate surface area is 158 Å². The molecule has 0 aliphatic rings. The van der Waals surface area contributed by atoms with Crippen molar-refractivity contribution in [3.05, 3.63) is 88.6 Å². The van der Waals surface area contributed by atoms with E-state index in [1.165, 1.54) is 5.56 Å². The van der Waals surface area contributed by atoms with Gasteiger partial charge in [-0.15, -0.1) is 0 Å². The molecule has 3 aromatic rings. The molecule has 2 aromatic carbocycles. The van der Waals surface area contributed by atoms with Crippen LogP contribution in [0, 0.1) is 6.92 Å². The first-order chi connectivity index (χ1) is 12.6. The zero-order valence-corrected chi connectivity index (χ0v) is 15.3. The number of hydrogen-bond donors (Lipinski definition) is 2. The van der Waals surface area contributed by atoms with E-state index in [1.807, 2.05) is 43.3 Å². The molecule has 0 bridgehead atoms. The molecule has 0 spiro atoms. The van der Waals surface area contributed by atoms with E-state index in [4.69, 9.17) is 11.6 Å². The summed E-state index contributed by atoms with van der Waals surface area (Å²) >= 11 is 6.08. The average Bonchev–Trinajstić information content (AvgIpc) is 2.66. The Bertz CT molecular complexity index is 880. The highest BCUT2D eigenvalue weighted by molar-refractivity contribution is 6.31. The highest BCUT2D eigenvalue weighted by Crippen LogP contribution is 2.20. The maximum atomic E-state index is 12.3. The van der Waals surface area contributed by atoms with Crippen LogP contribution in [0.2, 0.25) is 5.02 Å². The van der Waals surface area contributed by atoms with Crippen molar-refractivity contribution in [1.82, 2.24) is 4.98 Å². The number of aryl methyl sites for hydroxylation is 1. The highest BCUT2D eigenvalue weighted by atomic mass is 35.5. The van der Waals surface area contributed by atoms with Crippen LogP contribution in [0.15, 0.2) is 66.9 Å². The van der Waals surface area contributed by atoms with E-state index < -0.39 is 0 Å². The molecule has 0 aliphatic heterocycles. The molecule has 0 aliphatic carbocycles. The predicted molar refractivity (Wildman–Crippen MR) is 107 cm³/mol. The van der Waals surface area contributed by atoms with Crippen LogP contribution in [0.1, 0.15) is 21.5 Å². The topological polar surface area (TPSA) is 54.0 Å². The lowest BCUT2D eigenvalue weighted by atomic mass is 10.1. The summed E-state index contributed by atoms with van der Waals surface area (Å²) in [5.41, 5.74) is 3.40. The summed E-state index contributed by atoms with van der Waals surface area (Å²) in [6.45, 7) is 2.70. The summed E-state index contributed by atoms with van der Waals surface area (Å²) in [4.78, 5) is 16.6. The normalized spacial score (nSPS) is 10.4. The van der Waals surface area contributed by atoms with E-state index in [0.717, 1.165) is 24.3 Å². The van der Waals surface area contributed by atoms with Crippen molar-refractivity contribution in [1.29, 1.82) is 0 Å². The van der Waals surface area contributed by atoms with Crippen molar-refractivity contribution in [3.8, 4) is 0 Å². The van der Waals surface area contributed by atoms with Crippen molar-refractivity contribution in [2.75, 3.05) is 17.2 Å². The smallest absolute Gasteiger partial charge is 0.257 e. The number of anilines is 2. The molecule has 1 aromatic heterocycles. The number of carbonyl (C=O) groups is 1. The maximum Gasteiger partial charge on any atom is 0.257 e. The van der Waals surface area contributed by atoms with E-state index in [0.29, 0.717) is 16.3 Å². The molecule has 0 radical (unpaired) electrons. The molecule has 4 nitrogen and oxygen atoms in total. The van der Waals surface area contributed by atoms with Crippen LogP contribution in [0.4, 0.5) is 11.5 Å². The SMILES string of the molecule is Cc1ccc(NC(=O)c2ccc(NCCc3ccccc3)nc2)cc1Cl. The lowest BCUT2D eigenvalue weighted by Crippen LogP contribution is -2.13. The van der Waals surface area contributed by atoms with E-state index >= 15 is 0 Å². The lowest BCUT2D eigenvalue weighted by molar-refractivity contribution is 0.102. The summed E-state index contributed by atoms with van der Waals surface area (Å²) < 4.78 is 0. The van der Waals surface area contributed by atoms with Gasteiger partial charge >= 0.3 is 0 Å². The van der Waals surface area contributed by atoms with Gasteiger partial charge in [0.15, 0.2) is 0 Å². The van der Waals surface area contributed by atoms with Crippen molar-refractivity contribution in [2.45, 2.75) is 13.3 Å². The summed E-state index contributed by atoms with van der Waals surface area (Å²) in [6.07, 6.45) is 2.48. The van der Waals surface area contributed by atoms with Crippen LogP contribution < -0.4 is 10.6 Å². The van der Waals surface area contributed by atoms with Gasteiger partial charge in [-0.1, -0.05) is 48.0 Å². The third-order valence-electron chi connectivity index (χ3n) is 4.02. The van der Waals surface area contributed by atoms with Crippen molar-refractivity contribution < 1.29 is 4.79 Å². The largest absolute Gasteiger partial charge is 0.370 e. The Morgan fingerprint density at radius 1 is 1.08 bits per heavy atom. The Balaban J connectivity index is 1.54. The number of nitrogens with one attached hydrogen (secondary N) is 2. The number of hydrogen-bond acceptors (Lipinski definition) is 3. The lowest BCUT2D eigenvalue weighted by Gasteiger charge is -2.08. The monoisotopic (exact) mass is 365 g/mol. The molecule has 0 saturated carbocycles. The Kier molecular flexibility index (Phi) is 5.87. The standard InChI is InChI=1S/C21H20ClN3O/c1-15-7-9-18(13-19(15)22)25-21(26)17-8-10-20(24-14-17)23-12-11-16-5-3-2-4-6-16/h2-10,13-14H,11-12H2,1H3,(H,23,24)(H,25,26). The van der Waals surface area contributed by atoms with Gasteiger partial charge in [-0.3, -0.25) is 4.79 Å². The molecule has 0 atom stereocenters. The summed E-state index contributed by atoms with van der Waals surface area (Å²) in [6, 6.07) is 19.3. The van der Waals surface area contributed by atoms with Crippen LogP contribution in [-0.2, 0) is 6.42 Å². The summed E-state index contributed by atoms with van der Waals surface area (Å²) in [5, 5.41) is 6.71. The van der Waals surface area contributed by atoms with Crippen LogP contribution >= 0.6 is 11.6 Å². The molecule has 26 heavy (non-hydrogen) atoms. The van der Waals surface area contributed by atoms with Gasteiger partial charge in [0.25, 0.3) is 5.91 Å². The van der Waals surface area contributed by atoms with Gasteiger partial charge in [0, 0.05) is 23.5 Å². The number of aromatic nitrogens is 1. The first kappa shape index (κ1) is 18.0. The van der Waals surface area contributed by atoms with Gasteiger partial charge in [-0.05, 0) is 48.7 Å². The molecule has 1 amide bonds. The molecule has 132 valence electrons. The fourth-order valence-corrected chi connectivity index (χ4v) is 2.67. The Morgan fingerprint density at radius 3 is 2.58 bits per heavy atom. The van der Waals surface area contributed by atoms with E-state index in [1.54, 1.807) is 18.3 Å². The zero-order chi connectivity index (χ0) is 18.4. The maximum absolute atomic E-state index is 12.3. The third-order valence-corrected chi connectivity index (χ3v) is 4.43. The molecule has 0 fully saturated rings. The van der Waals surface area contributed by atoms with Crippen LogP contribution in [0.3, 0.4) is 0 Å². The van der Waals surface area contributed by atoms with Gasteiger partial charge in [0.2, 0.25) is 0 Å². The fraction of sp³-hybridized carbons (Fsp3) is 0.143. The molecule has 0 unspecified atom stereocenters. The molecule has 3 rings (SSSR count). The minimum absolute atomic E-state index is 0.215. The predicted octanol–water partition coefficient (Wildman–Crippen LogP) is 4.95. The first-order valence-corrected chi connectivity index (χ1v) is 8.81. The number of carbonyl (C=O) groups excluding carboxylic acids is 1. The second kappa shape index (κ2) is 8.50. The summed E-state index contributed by atoms with van der Waals surface area (Å²) in [5.74, 6) is 0.532. The van der Waals surface area contributed by atoms with Gasteiger partial charge in [0.05, 0.1) is 5.56 Å². The van der Waals surface area contributed by atoms with E-state index in [2.05, 4.69) is 27.8 Å². The molecule has 1 heterocycles. The minimum Gasteiger partial charge on any atom is -0.370 e. The van der Waals surface area contributed by atoms with Crippen molar-refractivity contribution >= 4 is 29.0 Å². The molecule has 2 N–H and O–H groups in total. The number of halogens is 1. The van der Waals surface area contributed by atoms with Crippen LogP contribution in [0.25, 0.3) is 0 Å². The number of rotatable bonds is 6. The number of benzene rings is 2. The molecule has 0 saturated heterocycles. The number of amides is 1. The number of nitrogens with zero attached hydrogens (tertiary/aromatic N) is 1. The first-order valence-electron chi connectivity index (χ1n) is 8.43. The quantitative estimate of drug-likeness (QED) is 0.649. The highest BCUT2D eigenvalue weighted by Gasteiger charge is 2.08. The third kappa shape index (κ3) is 4.83. The van der Waals surface area contributed by atoms with Gasteiger partial charge < -0.3 is 10.6 Å². The average molecular weight is 366 g/mol.